The SMILES string of the molecule is CCCNC(=O)[C@@H](CC)N(Cc1ccccc1Cl)C(=O)CN(c1ccc(F)cc1)S(=O)(=O)c1ccc(C)cc1. The van der Waals surface area contributed by atoms with Crippen molar-refractivity contribution in [3.8, 4) is 0 Å². The molecule has 0 fully saturated rings. The van der Waals surface area contributed by atoms with Gasteiger partial charge in [0.25, 0.3) is 10.0 Å². The Morgan fingerprint density at radius 2 is 1.62 bits per heavy atom. The molecular weight excluding hydrogens is 541 g/mol. The van der Waals surface area contributed by atoms with Gasteiger partial charge in [-0.2, -0.15) is 0 Å². The Labute approximate surface area is 234 Å². The molecule has 39 heavy (non-hydrogen) atoms. The Kier molecular flexibility index (Phi) is 10.5. The Morgan fingerprint density at radius 1 is 0.974 bits per heavy atom. The second-order valence-electron chi connectivity index (χ2n) is 9.13. The molecule has 0 heterocycles. The second kappa shape index (κ2) is 13.6. The summed E-state index contributed by atoms with van der Waals surface area (Å²) in [4.78, 5) is 28.4. The van der Waals surface area contributed by atoms with Gasteiger partial charge < -0.3 is 10.2 Å². The van der Waals surface area contributed by atoms with E-state index in [1.54, 1.807) is 43.3 Å². The van der Waals surface area contributed by atoms with Gasteiger partial charge in [-0.05, 0) is 67.8 Å². The maximum atomic E-state index is 13.9. The summed E-state index contributed by atoms with van der Waals surface area (Å²) >= 11 is 6.39. The van der Waals surface area contributed by atoms with Crippen molar-refractivity contribution in [1.29, 1.82) is 0 Å². The van der Waals surface area contributed by atoms with Crippen LogP contribution in [0.15, 0.2) is 77.7 Å². The predicted molar refractivity (Wildman–Crippen MR) is 151 cm³/mol. The Hall–Kier alpha value is -3.43. The summed E-state index contributed by atoms with van der Waals surface area (Å²) in [5, 5.41) is 3.25. The van der Waals surface area contributed by atoms with Crippen molar-refractivity contribution in [3.05, 3.63) is 94.8 Å². The van der Waals surface area contributed by atoms with Crippen molar-refractivity contribution in [2.45, 2.75) is 51.1 Å². The quantitative estimate of drug-likeness (QED) is 0.318. The molecule has 0 aromatic heterocycles. The maximum absolute atomic E-state index is 13.9. The number of anilines is 1. The van der Waals surface area contributed by atoms with Crippen LogP contribution in [0.25, 0.3) is 0 Å². The number of aryl methyl sites for hydroxylation is 1. The lowest BCUT2D eigenvalue weighted by atomic mass is 10.1. The number of amides is 2. The first-order valence-corrected chi connectivity index (χ1v) is 14.6. The molecule has 0 aliphatic carbocycles. The molecule has 0 spiro atoms. The van der Waals surface area contributed by atoms with Gasteiger partial charge in [0, 0.05) is 18.1 Å². The third kappa shape index (κ3) is 7.58. The van der Waals surface area contributed by atoms with Gasteiger partial charge in [-0.15, -0.1) is 0 Å². The number of rotatable bonds is 12. The van der Waals surface area contributed by atoms with Gasteiger partial charge in [0.05, 0.1) is 10.6 Å². The zero-order valence-corrected chi connectivity index (χ0v) is 23.8. The van der Waals surface area contributed by atoms with E-state index in [9.17, 15) is 22.4 Å². The van der Waals surface area contributed by atoms with Crippen LogP contribution in [0.2, 0.25) is 5.02 Å². The van der Waals surface area contributed by atoms with E-state index in [4.69, 9.17) is 11.6 Å². The molecule has 2 amide bonds. The standard InChI is InChI=1S/C29H33ClFN3O4S/c1-4-18-32-29(36)27(5-2)33(19-22-8-6-7-9-26(22)30)28(35)20-34(24-14-12-23(31)13-15-24)39(37,38)25-16-10-21(3)11-17-25/h6-17,27H,4-5,18-20H2,1-3H3,(H,32,36)/t27-/m1/s1. The monoisotopic (exact) mass is 573 g/mol. The van der Waals surface area contributed by atoms with E-state index in [1.165, 1.54) is 29.2 Å². The molecule has 208 valence electrons. The molecule has 0 unspecified atom stereocenters. The number of carbonyl (C=O) groups excluding carboxylic acids is 2. The molecule has 3 rings (SSSR count). The minimum atomic E-state index is -4.22. The summed E-state index contributed by atoms with van der Waals surface area (Å²) < 4.78 is 42.2. The number of benzene rings is 3. The van der Waals surface area contributed by atoms with Crippen LogP contribution < -0.4 is 9.62 Å². The Morgan fingerprint density at radius 3 is 2.21 bits per heavy atom. The Bertz CT molecular complexity index is 1380. The zero-order chi connectivity index (χ0) is 28.6. The van der Waals surface area contributed by atoms with Crippen LogP contribution in [-0.4, -0.2) is 44.3 Å². The molecule has 0 aliphatic rings. The van der Waals surface area contributed by atoms with Crippen molar-refractivity contribution < 1.29 is 22.4 Å². The van der Waals surface area contributed by atoms with Crippen LogP contribution in [-0.2, 0) is 26.2 Å². The van der Waals surface area contributed by atoms with Gasteiger partial charge in [0.2, 0.25) is 11.8 Å². The van der Waals surface area contributed by atoms with E-state index in [0.29, 0.717) is 30.0 Å². The number of nitrogens with one attached hydrogen (secondary N) is 1. The molecular formula is C29H33ClFN3O4S. The number of nitrogens with zero attached hydrogens (tertiary/aromatic N) is 2. The first-order valence-electron chi connectivity index (χ1n) is 12.7. The highest BCUT2D eigenvalue weighted by Crippen LogP contribution is 2.26. The van der Waals surface area contributed by atoms with Crippen molar-refractivity contribution in [2.75, 3.05) is 17.4 Å². The fourth-order valence-corrected chi connectivity index (χ4v) is 5.68. The van der Waals surface area contributed by atoms with Gasteiger partial charge >= 0.3 is 0 Å². The van der Waals surface area contributed by atoms with Crippen LogP contribution in [0.4, 0.5) is 10.1 Å². The van der Waals surface area contributed by atoms with Crippen LogP contribution in [0.5, 0.6) is 0 Å². The van der Waals surface area contributed by atoms with Gasteiger partial charge in [0.15, 0.2) is 0 Å². The van der Waals surface area contributed by atoms with Crippen LogP contribution in [0.1, 0.15) is 37.8 Å². The van der Waals surface area contributed by atoms with Crippen LogP contribution in [0, 0.1) is 12.7 Å². The molecule has 0 saturated carbocycles. The maximum Gasteiger partial charge on any atom is 0.264 e. The summed E-state index contributed by atoms with van der Waals surface area (Å²) in [6, 6.07) is 17.2. The van der Waals surface area contributed by atoms with Crippen molar-refractivity contribution in [1.82, 2.24) is 10.2 Å². The van der Waals surface area contributed by atoms with Crippen molar-refractivity contribution in [2.24, 2.45) is 0 Å². The largest absolute Gasteiger partial charge is 0.354 e. The third-order valence-electron chi connectivity index (χ3n) is 6.24. The molecule has 1 N–H and O–H groups in total. The van der Waals surface area contributed by atoms with Gasteiger partial charge in [-0.3, -0.25) is 13.9 Å². The van der Waals surface area contributed by atoms with E-state index in [0.717, 1.165) is 22.0 Å². The first-order chi connectivity index (χ1) is 18.6. The summed E-state index contributed by atoms with van der Waals surface area (Å²) in [5.41, 5.74) is 1.60. The highest BCUT2D eigenvalue weighted by atomic mass is 35.5. The lowest BCUT2D eigenvalue weighted by Crippen LogP contribution is -2.52. The van der Waals surface area contributed by atoms with Gasteiger partial charge in [-0.1, -0.05) is 61.3 Å². The van der Waals surface area contributed by atoms with Crippen molar-refractivity contribution >= 4 is 39.1 Å². The summed E-state index contributed by atoms with van der Waals surface area (Å²) in [6.45, 7) is 5.36. The zero-order valence-electron chi connectivity index (χ0n) is 22.2. The number of hydrogen-bond acceptors (Lipinski definition) is 4. The smallest absolute Gasteiger partial charge is 0.264 e. The number of carbonyl (C=O) groups is 2. The highest BCUT2D eigenvalue weighted by Gasteiger charge is 2.33. The first kappa shape index (κ1) is 30.1. The van der Waals surface area contributed by atoms with Crippen molar-refractivity contribution in [3.63, 3.8) is 0 Å². The summed E-state index contributed by atoms with van der Waals surface area (Å²) in [6.07, 6.45) is 1.01. The molecule has 3 aromatic rings. The van der Waals surface area contributed by atoms with E-state index in [2.05, 4.69) is 5.32 Å². The summed E-state index contributed by atoms with van der Waals surface area (Å²) in [7, 11) is -4.22. The van der Waals surface area contributed by atoms with Gasteiger partial charge in [0.1, 0.15) is 18.4 Å². The molecule has 0 radical (unpaired) electrons. The lowest BCUT2D eigenvalue weighted by Gasteiger charge is -2.33. The lowest BCUT2D eigenvalue weighted by molar-refractivity contribution is -0.140. The van der Waals surface area contributed by atoms with Crippen LogP contribution >= 0.6 is 11.6 Å². The molecule has 0 saturated heterocycles. The third-order valence-corrected chi connectivity index (χ3v) is 8.39. The van der Waals surface area contributed by atoms with E-state index in [1.807, 2.05) is 13.8 Å². The molecule has 1 atom stereocenters. The predicted octanol–water partition coefficient (Wildman–Crippen LogP) is 5.32. The van der Waals surface area contributed by atoms with Crippen LogP contribution in [0.3, 0.4) is 0 Å². The van der Waals surface area contributed by atoms with E-state index in [-0.39, 0.29) is 23.0 Å². The normalized spacial score (nSPS) is 12.0. The number of hydrogen-bond donors (Lipinski definition) is 1. The summed E-state index contributed by atoms with van der Waals surface area (Å²) in [5.74, 6) is -1.49. The fraction of sp³-hybridized carbons (Fsp3) is 0.310. The average molecular weight is 574 g/mol. The average Bonchev–Trinajstić information content (AvgIpc) is 2.92. The minimum Gasteiger partial charge on any atom is -0.354 e. The minimum absolute atomic E-state index is 0.00159. The number of sulfonamides is 1. The Balaban J connectivity index is 2.05. The second-order valence-corrected chi connectivity index (χ2v) is 11.4. The molecule has 7 nitrogen and oxygen atoms in total. The molecule has 0 bridgehead atoms. The number of halogens is 2. The van der Waals surface area contributed by atoms with E-state index >= 15 is 0 Å². The van der Waals surface area contributed by atoms with Gasteiger partial charge in [-0.25, -0.2) is 12.8 Å². The van der Waals surface area contributed by atoms with E-state index < -0.39 is 34.3 Å². The topological polar surface area (TPSA) is 86.8 Å². The molecule has 0 aliphatic heterocycles. The fourth-order valence-electron chi connectivity index (χ4n) is 4.07. The highest BCUT2D eigenvalue weighted by molar-refractivity contribution is 7.92. The molecule has 3 aromatic carbocycles. The molecule has 10 heteroatoms.